The molecule has 1 aromatic rings. The normalized spacial score (nSPS) is 11.9. The molecule has 1 rings (SSSR count). The van der Waals surface area contributed by atoms with Crippen LogP contribution in [0.2, 0.25) is 5.02 Å². The van der Waals surface area contributed by atoms with Crippen LogP contribution in [-0.2, 0) is 11.3 Å². The molecule has 0 fully saturated rings. The molecule has 0 heterocycles. The van der Waals surface area contributed by atoms with Crippen molar-refractivity contribution in [3.8, 4) is 0 Å². The molecule has 0 aliphatic carbocycles. The van der Waals surface area contributed by atoms with E-state index in [0.29, 0.717) is 15.1 Å². The van der Waals surface area contributed by atoms with E-state index in [1.54, 1.807) is 12.1 Å². The first kappa shape index (κ1) is 16.3. The Balaban J connectivity index is 2.84. The van der Waals surface area contributed by atoms with Gasteiger partial charge >= 0.3 is 12.1 Å². The van der Waals surface area contributed by atoms with Crippen LogP contribution in [0.5, 0.6) is 0 Å². The molecule has 0 saturated carbocycles. The van der Waals surface area contributed by atoms with Gasteiger partial charge in [-0.15, -0.1) is 0 Å². The number of carboxylic acid groups (broad SMARTS) is 1. The number of alkyl halides is 3. The smallest absolute Gasteiger partial charge is 0.401 e. The molecular weight excluding hydrogens is 350 g/mol. The summed E-state index contributed by atoms with van der Waals surface area (Å²) in [6.07, 6.45) is -4.45. The summed E-state index contributed by atoms with van der Waals surface area (Å²) in [7, 11) is 0. The number of halogens is 5. The lowest BCUT2D eigenvalue weighted by atomic mass is 10.2. The molecular formula is C11H10BrClF3NO2. The van der Waals surface area contributed by atoms with Gasteiger partial charge in [-0.25, -0.2) is 0 Å². The Hall–Kier alpha value is -0.790. The number of nitrogens with zero attached hydrogens (tertiary/aromatic N) is 1. The maximum atomic E-state index is 12.4. The van der Waals surface area contributed by atoms with Crippen molar-refractivity contribution in [3.63, 3.8) is 0 Å². The van der Waals surface area contributed by atoms with E-state index in [9.17, 15) is 18.0 Å². The van der Waals surface area contributed by atoms with Crippen LogP contribution in [0.4, 0.5) is 13.2 Å². The zero-order chi connectivity index (χ0) is 14.6. The van der Waals surface area contributed by atoms with E-state index in [0.717, 1.165) is 4.90 Å². The highest BCUT2D eigenvalue weighted by molar-refractivity contribution is 9.10. The monoisotopic (exact) mass is 359 g/mol. The third-order valence-electron chi connectivity index (χ3n) is 2.17. The van der Waals surface area contributed by atoms with Crippen molar-refractivity contribution in [1.29, 1.82) is 0 Å². The van der Waals surface area contributed by atoms with Crippen LogP contribution >= 0.6 is 27.5 Å². The number of carbonyl (C=O) groups is 1. The minimum atomic E-state index is -4.45. The van der Waals surface area contributed by atoms with Crippen molar-refractivity contribution in [2.24, 2.45) is 0 Å². The summed E-state index contributed by atoms with van der Waals surface area (Å²) in [6.45, 7) is -2.10. The molecule has 19 heavy (non-hydrogen) atoms. The van der Waals surface area contributed by atoms with Crippen LogP contribution in [0.15, 0.2) is 22.7 Å². The Morgan fingerprint density at radius 1 is 1.42 bits per heavy atom. The van der Waals surface area contributed by atoms with Gasteiger partial charge in [-0.2, -0.15) is 13.2 Å². The molecule has 0 aliphatic rings. The molecule has 0 saturated heterocycles. The third kappa shape index (κ3) is 6.26. The maximum absolute atomic E-state index is 12.4. The average Bonchev–Trinajstić information content (AvgIpc) is 2.18. The standard InChI is InChI=1S/C11H10BrClF3NO2/c12-9-3-8(13)2-1-7(9)4-17(5-10(18)19)6-11(14,15)16/h1-3H,4-6H2,(H,18,19). The first-order chi connectivity index (χ1) is 8.67. The van der Waals surface area contributed by atoms with Gasteiger partial charge in [0.1, 0.15) is 0 Å². The van der Waals surface area contributed by atoms with Crippen molar-refractivity contribution in [1.82, 2.24) is 4.90 Å². The molecule has 3 nitrogen and oxygen atoms in total. The first-order valence-corrected chi connectivity index (χ1v) is 6.29. The van der Waals surface area contributed by atoms with E-state index in [4.69, 9.17) is 16.7 Å². The lowest BCUT2D eigenvalue weighted by Crippen LogP contribution is -2.37. The quantitative estimate of drug-likeness (QED) is 0.873. The van der Waals surface area contributed by atoms with E-state index in [1.807, 2.05) is 0 Å². The van der Waals surface area contributed by atoms with Gasteiger partial charge in [0, 0.05) is 16.0 Å². The Morgan fingerprint density at radius 3 is 2.53 bits per heavy atom. The van der Waals surface area contributed by atoms with E-state index < -0.39 is 25.2 Å². The van der Waals surface area contributed by atoms with Crippen molar-refractivity contribution in [2.75, 3.05) is 13.1 Å². The molecule has 0 amide bonds. The third-order valence-corrected chi connectivity index (χ3v) is 3.14. The summed E-state index contributed by atoms with van der Waals surface area (Å²) < 4.78 is 37.6. The van der Waals surface area contributed by atoms with E-state index >= 15 is 0 Å². The molecule has 0 aliphatic heterocycles. The van der Waals surface area contributed by atoms with Crippen LogP contribution in [-0.4, -0.2) is 35.2 Å². The summed E-state index contributed by atoms with van der Waals surface area (Å²) >= 11 is 8.91. The first-order valence-electron chi connectivity index (χ1n) is 5.12. The highest BCUT2D eigenvalue weighted by Crippen LogP contribution is 2.24. The van der Waals surface area contributed by atoms with Crippen LogP contribution in [0.3, 0.4) is 0 Å². The van der Waals surface area contributed by atoms with Crippen LogP contribution in [0, 0.1) is 0 Å². The Morgan fingerprint density at radius 2 is 2.05 bits per heavy atom. The lowest BCUT2D eigenvalue weighted by molar-refractivity contribution is -0.154. The van der Waals surface area contributed by atoms with Gasteiger partial charge in [-0.1, -0.05) is 33.6 Å². The van der Waals surface area contributed by atoms with Gasteiger partial charge in [0.25, 0.3) is 0 Å². The van der Waals surface area contributed by atoms with Crippen molar-refractivity contribution in [2.45, 2.75) is 12.7 Å². The summed E-state index contributed by atoms with van der Waals surface area (Å²) in [4.78, 5) is 11.4. The van der Waals surface area contributed by atoms with Crippen molar-refractivity contribution >= 4 is 33.5 Å². The number of aliphatic carboxylic acids is 1. The van der Waals surface area contributed by atoms with Gasteiger partial charge in [0.15, 0.2) is 0 Å². The molecule has 0 unspecified atom stereocenters. The Labute approximate surface area is 121 Å². The predicted molar refractivity (Wildman–Crippen MR) is 68.1 cm³/mol. The Kier molecular flexibility index (Phi) is 5.64. The molecule has 0 aromatic heterocycles. The fourth-order valence-corrected chi connectivity index (χ4v) is 2.31. The zero-order valence-corrected chi connectivity index (χ0v) is 11.9. The van der Waals surface area contributed by atoms with Crippen LogP contribution in [0.25, 0.3) is 0 Å². The maximum Gasteiger partial charge on any atom is 0.401 e. The topological polar surface area (TPSA) is 40.5 Å². The molecule has 0 radical (unpaired) electrons. The second-order valence-electron chi connectivity index (χ2n) is 3.89. The lowest BCUT2D eigenvalue weighted by Gasteiger charge is -2.22. The minimum absolute atomic E-state index is 0.135. The Bertz CT molecular complexity index is 468. The molecule has 0 atom stereocenters. The summed E-state index contributed by atoms with van der Waals surface area (Å²) in [6, 6.07) is 4.63. The number of carboxylic acids is 1. The van der Waals surface area contributed by atoms with Gasteiger partial charge in [0.05, 0.1) is 13.1 Å². The summed E-state index contributed by atoms with van der Waals surface area (Å²) in [5.74, 6) is -1.31. The molecule has 8 heteroatoms. The second kappa shape index (κ2) is 6.58. The van der Waals surface area contributed by atoms with Crippen LogP contribution in [0.1, 0.15) is 5.56 Å². The molecule has 0 spiro atoms. The molecule has 0 bridgehead atoms. The van der Waals surface area contributed by atoms with Crippen LogP contribution < -0.4 is 0 Å². The highest BCUT2D eigenvalue weighted by Gasteiger charge is 2.31. The van der Waals surface area contributed by atoms with Gasteiger partial charge in [0.2, 0.25) is 0 Å². The molecule has 106 valence electrons. The largest absolute Gasteiger partial charge is 0.480 e. The fraction of sp³-hybridized carbons (Fsp3) is 0.364. The number of hydrogen-bond acceptors (Lipinski definition) is 2. The van der Waals surface area contributed by atoms with Gasteiger partial charge in [-0.05, 0) is 17.7 Å². The summed E-state index contributed by atoms with van der Waals surface area (Å²) in [5, 5.41) is 9.07. The predicted octanol–water partition coefficient (Wildman–Crippen LogP) is 3.55. The van der Waals surface area contributed by atoms with E-state index in [2.05, 4.69) is 15.9 Å². The van der Waals surface area contributed by atoms with Gasteiger partial charge < -0.3 is 5.11 Å². The number of hydrogen-bond donors (Lipinski definition) is 1. The number of benzene rings is 1. The fourth-order valence-electron chi connectivity index (χ4n) is 1.50. The van der Waals surface area contributed by atoms with Gasteiger partial charge in [-0.3, -0.25) is 9.69 Å². The van der Waals surface area contributed by atoms with Crippen molar-refractivity contribution < 1.29 is 23.1 Å². The molecule has 1 N–H and O–H groups in total. The minimum Gasteiger partial charge on any atom is -0.480 e. The number of rotatable bonds is 5. The second-order valence-corrected chi connectivity index (χ2v) is 5.18. The highest BCUT2D eigenvalue weighted by atomic mass is 79.9. The molecule has 1 aromatic carbocycles. The zero-order valence-electron chi connectivity index (χ0n) is 9.55. The summed E-state index contributed by atoms with van der Waals surface area (Å²) in [5.41, 5.74) is 0.537. The van der Waals surface area contributed by atoms with E-state index in [-0.39, 0.29) is 6.54 Å². The average molecular weight is 361 g/mol. The van der Waals surface area contributed by atoms with Crippen molar-refractivity contribution in [3.05, 3.63) is 33.3 Å². The van der Waals surface area contributed by atoms with E-state index in [1.165, 1.54) is 6.07 Å². The SMILES string of the molecule is O=C(O)CN(Cc1ccc(Cl)cc1Br)CC(F)(F)F.